The van der Waals surface area contributed by atoms with Gasteiger partial charge < -0.3 is 15.0 Å². The van der Waals surface area contributed by atoms with E-state index in [2.05, 4.69) is 5.32 Å². The van der Waals surface area contributed by atoms with Gasteiger partial charge in [0.25, 0.3) is 5.91 Å². The number of rotatable bonds is 10. The summed E-state index contributed by atoms with van der Waals surface area (Å²) in [5.41, 5.74) is 2.28. The van der Waals surface area contributed by atoms with Gasteiger partial charge in [-0.1, -0.05) is 84.4 Å². The number of fused-ring (bicyclic) bond motifs is 1. The first kappa shape index (κ1) is 29.3. The second-order valence-electron chi connectivity index (χ2n) is 9.82. The molecule has 0 bridgehead atoms. The van der Waals surface area contributed by atoms with Gasteiger partial charge in [0, 0.05) is 18.1 Å². The lowest BCUT2D eigenvalue weighted by molar-refractivity contribution is -0.128. The van der Waals surface area contributed by atoms with E-state index in [0.717, 1.165) is 15.4 Å². The fourth-order valence-corrected chi connectivity index (χ4v) is 6.20. The van der Waals surface area contributed by atoms with Crippen molar-refractivity contribution in [2.45, 2.75) is 24.0 Å². The minimum absolute atomic E-state index is 0.0209. The Morgan fingerprint density at radius 2 is 1.48 bits per heavy atom. The summed E-state index contributed by atoms with van der Waals surface area (Å²) >= 11 is 5.99. The van der Waals surface area contributed by atoms with Gasteiger partial charge in [0.05, 0.1) is 23.7 Å². The summed E-state index contributed by atoms with van der Waals surface area (Å²) in [6.07, 6.45) is -0.315. The SMILES string of the molecule is O=C(NCCc1ccccc1)[C@H]1CN(C(=O)CN(Cc2ccccc2)S(=O)(=O)c2ccc(Cl)cc2)c2ccccc2O1. The number of amides is 2. The summed E-state index contributed by atoms with van der Waals surface area (Å²) in [5, 5.41) is 3.30. The Hall–Kier alpha value is -4.18. The largest absolute Gasteiger partial charge is 0.477 e. The van der Waals surface area contributed by atoms with Crippen molar-refractivity contribution in [3.8, 4) is 5.75 Å². The predicted octanol–water partition coefficient (Wildman–Crippen LogP) is 4.68. The number of carbonyl (C=O) groups is 2. The molecule has 1 heterocycles. The maximum atomic E-state index is 13.9. The lowest BCUT2D eigenvalue weighted by Gasteiger charge is -2.35. The third kappa shape index (κ3) is 6.99. The number of ether oxygens (including phenoxy) is 1. The third-order valence-electron chi connectivity index (χ3n) is 6.89. The second-order valence-corrected chi connectivity index (χ2v) is 12.2. The van der Waals surface area contributed by atoms with Crippen LogP contribution in [-0.2, 0) is 32.6 Å². The number of benzene rings is 4. The van der Waals surface area contributed by atoms with Crippen LogP contribution in [-0.4, -0.2) is 50.3 Å². The number of anilines is 1. The molecule has 2 amide bonds. The molecule has 216 valence electrons. The Balaban J connectivity index is 1.36. The van der Waals surface area contributed by atoms with Crippen molar-refractivity contribution < 1.29 is 22.7 Å². The number of sulfonamides is 1. The molecule has 1 atom stereocenters. The molecular formula is C32H30ClN3O5S. The van der Waals surface area contributed by atoms with Gasteiger partial charge in [0.2, 0.25) is 15.9 Å². The molecule has 0 spiro atoms. The van der Waals surface area contributed by atoms with E-state index >= 15 is 0 Å². The quantitative estimate of drug-likeness (QED) is 0.284. The Morgan fingerprint density at radius 1 is 0.857 bits per heavy atom. The number of nitrogens with one attached hydrogen (secondary N) is 1. The standard InChI is InChI=1S/C32H30ClN3O5S/c33-26-15-17-27(18-16-26)42(39,40)35(21-25-11-5-2-6-12-25)23-31(37)36-22-30(41-29-14-8-7-13-28(29)36)32(38)34-20-19-24-9-3-1-4-10-24/h1-18,30H,19-23H2,(H,34,38)/t30-/m1/s1. The molecule has 1 aliphatic rings. The lowest BCUT2D eigenvalue weighted by atomic mass is 10.1. The van der Waals surface area contributed by atoms with E-state index in [9.17, 15) is 18.0 Å². The van der Waals surface area contributed by atoms with Crippen LogP contribution in [0.1, 0.15) is 11.1 Å². The molecule has 1 N–H and O–H groups in total. The Labute approximate surface area is 250 Å². The van der Waals surface area contributed by atoms with Crippen LogP contribution in [0.4, 0.5) is 5.69 Å². The van der Waals surface area contributed by atoms with E-state index in [1.807, 2.05) is 48.5 Å². The first-order valence-electron chi connectivity index (χ1n) is 13.5. The fraction of sp³-hybridized carbons (Fsp3) is 0.188. The molecule has 4 aromatic rings. The normalized spacial score (nSPS) is 14.6. The van der Waals surface area contributed by atoms with Crippen molar-refractivity contribution in [2.24, 2.45) is 0 Å². The maximum absolute atomic E-state index is 13.9. The molecule has 42 heavy (non-hydrogen) atoms. The molecule has 0 saturated heterocycles. The second kappa shape index (κ2) is 13.2. The molecule has 0 radical (unpaired) electrons. The van der Waals surface area contributed by atoms with Crippen LogP contribution in [0.2, 0.25) is 5.02 Å². The summed E-state index contributed by atoms with van der Waals surface area (Å²) in [6, 6.07) is 31.6. The highest BCUT2D eigenvalue weighted by Crippen LogP contribution is 2.33. The zero-order valence-electron chi connectivity index (χ0n) is 22.7. The summed E-state index contributed by atoms with van der Waals surface area (Å²) in [7, 11) is -4.08. The van der Waals surface area contributed by atoms with Gasteiger partial charge >= 0.3 is 0 Å². The molecule has 0 aromatic heterocycles. The van der Waals surface area contributed by atoms with Gasteiger partial charge in [0.1, 0.15) is 5.75 Å². The van der Waals surface area contributed by atoms with Gasteiger partial charge in [-0.3, -0.25) is 9.59 Å². The van der Waals surface area contributed by atoms with Crippen LogP contribution in [0.3, 0.4) is 0 Å². The van der Waals surface area contributed by atoms with E-state index in [1.54, 1.807) is 36.4 Å². The first-order chi connectivity index (χ1) is 20.3. The molecule has 1 aliphatic heterocycles. The topological polar surface area (TPSA) is 96.0 Å². The van der Waals surface area contributed by atoms with Gasteiger partial charge in [-0.05, 0) is 53.9 Å². The van der Waals surface area contributed by atoms with Crippen molar-refractivity contribution in [1.29, 1.82) is 0 Å². The Kier molecular flexibility index (Phi) is 9.22. The average Bonchev–Trinajstić information content (AvgIpc) is 3.01. The van der Waals surface area contributed by atoms with Crippen LogP contribution in [0.15, 0.2) is 114 Å². The summed E-state index contributed by atoms with van der Waals surface area (Å²) in [6.45, 7) is -0.126. The number of hydrogen-bond donors (Lipinski definition) is 1. The maximum Gasteiger partial charge on any atom is 0.262 e. The molecule has 5 rings (SSSR count). The first-order valence-corrected chi connectivity index (χ1v) is 15.3. The van der Waals surface area contributed by atoms with Crippen LogP contribution in [0.5, 0.6) is 5.75 Å². The molecule has 10 heteroatoms. The van der Waals surface area contributed by atoms with Gasteiger partial charge in [-0.2, -0.15) is 4.31 Å². The highest BCUT2D eigenvalue weighted by atomic mass is 35.5. The minimum atomic E-state index is -4.08. The van der Waals surface area contributed by atoms with Gasteiger partial charge in [-0.15, -0.1) is 0 Å². The van der Waals surface area contributed by atoms with Crippen molar-refractivity contribution in [1.82, 2.24) is 9.62 Å². The molecular weight excluding hydrogens is 574 g/mol. The van der Waals surface area contributed by atoms with E-state index in [1.165, 1.54) is 29.2 Å². The molecule has 0 aliphatic carbocycles. The molecule has 0 saturated carbocycles. The monoisotopic (exact) mass is 603 g/mol. The van der Waals surface area contributed by atoms with Crippen molar-refractivity contribution in [3.63, 3.8) is 0 Å². The van der Waals surface area contributed by atoms with E-state index in [-0.39, 0.29) is 23.9 Å². The van der Waals surface area contributed by atoms with Crippen LogP contribution < -0.4 is 15.0 Å². The summed E-state index contributed by atoms with van der Waals surface area (Å²) in [4.78, 5) is 28.4. The van der Waals surface area contributed by atoms with Gasteiger partial charge in [0.15, 0.2) is 6.10 Å². The molecule has 8 nitrogen and oxygen atoms in total. The highest BCUT2D eigenvalue weighted by molar-refractivity contribution is 7.89. The summed E-state index contributed by atoms with van der Waals surface area (Å²) < 4.78 is 34.6. The average molecular weight is 604 g/mol. The number of para-hydroxylation sites is 2. The van der Waals surface area contributed by atoms with E-state index in [0.29, 0.717) is 29.4 Å². The molecule has 0 fully saturated rings. The molecule has 0 unspecified atom stereocenters. The lowest BCUT2D eigenvalue weighted by Crippen LogP contribution is -2.53. The molecule has 4 aromatic carbocycles. The minimum Gasteiger partial charge on any atom is -0.477 e. The van der Waals surface area contributed by atoms with Crippen molar-refractivity contribution >= 4 is 39.1 Å². The fourth-order valence-electron chi connectivity index (χ4n) is 4.70. The number of carbonyl (C=O) groups excluding carboxylic acids is 2. The zero-order valence-corrected chi connectivity index (χ0v) is 24.3. The van der Waals surface area contributed by atoms with E-state index < -0.39 is 28.6 Å². The number of hydrogen-bond acceptors (Lipinski definition) is 5. The highest BCUT2D eigenvalue weighted by Gasteiger charge is 2.36. The Morgan fingerprint density at radius 3 is 2.17 bits per heavy atom. The van der Waals surface area contributed by atoms with Crippen molar-refractivity contribution in [3.05, 3.63) is 125 Å². The van der Waals surface area contributed by atoms with Crippen LogP contribution in [0, 0.1) is 0 Å². The smallest absolute Gasteiger partial charge is 0.262 e. The third-order valence-corrected chi connectivity index (χ3v) is 8.95. The van der Waals surface area contributed by atoms with Crippen LogP contribution in [0.25, 0.3) is 0 Å². The number of halogens is 1. The number of nitrogens with zero attached hydrogens (tertiary/aromatic N) is 2. The predicted molar refractivity (Wildman–Crippen MR) is 162 cm³/mol. The van der Waals surface area contributed by atoms with Crippen LogP contribution >= 0.6 is 11.6 Å². The Bertz CT molecular complexity index is 1630. The zero-order chi connectivity index (χ0) is 29.5. The van der Waals surface area contributed by atoms with Crippen molar-refractivity contribution in [2.75, 3.05) is 24.5 Å². The van der Waals surface area contributed by atoms with E-state index in [4.69, 9.17) is 16.3 Å². The summed E-state index contributed by atoms with van der Waals surface area (Å²) in [5.74, 6) is -0.468. The van der Waals surface area contributed by atoms with Gasteiger partial charge in [-0.25, -0.2) is 8.42 Å².